The molecule has 1 fully saturated rings. The van der Waals surface area contributed by atoms with Crippen molar-refractivity contribution in [3.8, 4) is 0 Å². The highest BCUT2D eigenvalue weighted by atomic mass is 32.1. The van der Waals surface area contributed by atoms with Crippen LogP contribution in [0.1, 0.15) is 17.7 Å². The van der Waals surface area contributed by atoms with Crippen molar-refractivity contribution < 1.29 is 22.7 Å². The molecule has 94 valence electrons. The van der Waals surface area contributed by atoms with Crippen LogP contribution in [0.25, 0.3) is 0 Å². The summed E-state index contributed by atoms with van der Waals surface area (Å²) in [4.78, 5) is 12.1. The maximum absolute atomic E-state index is 12.6. The van der Waals surface area contributed by atoms with E-state index in [1.54, 1.807) is 17.5 Å². The molecular weight excluding hydrogens is 253 g/mol. The van der Waals surface area contributed by atoms with E-state index in [1.807, 2.05) is 0 Å². The van der Waals surface area contributed by atoms with Gasteiger partial charge < -0.3 is 4.74 Å². The van der Waals surface area contributed by atoms with Crippen molar-refractivity contribution in [2.75, 3.05) is 0 Å². The minimum Gasteiger partial charge on any atom is -0.452 e. The molecule has 1 aromatic rings. The SMILES string of the molecule is O=C(Cc1cccs1)O[C@H](C1CC1)C(F)(F)F. The Balaban J connectivity index is 1.92. The quantitative estimate of drug-likeness (QED) is 0.781. The van der Waals surface area contributed by atoms with Crippen LogP contribution in [-0.4, -0.2) is 18.2 Å². The van der Waals surface area contributed by atoms with E-state index in [1.165, 1.54) is 11.3 Å². The van der Waals surface area contributed by atoms with Crippen LogP contribution in [0.4, 0.5) is 13.2 Å². The summed E-state index contributed by atoms with van der Waals surface area (Å²) in [7, 11) is 0. The lowest BCUT2D eigenvalue weighted by molar-refractivity contribution is -0.226. The van der Waals surface area contributed by atoms with E-state index in [0.717, 1.165) is 0 Å². The maximum Gasteiger partial charge on any atom is 0.425 e. The third kappa shape index (κ3) is 3.46. The molecule has 0 aliphatic heterocycles. The smallest absolute Gasteiger partial charge is 0.425 e. The molecule has 0 N–H and O–H groups in total. The first-order valence-corrected chi connectivity index (χ1v) is 6.13. The predicted molar refractivity (Wildman–Crippen MR) is 56.7 cm³/mol. The summed E-state index contributed by atoms with van der Waals surface area (Å²) in [5.74, 6) is -1.34. The third-order valence-electron chi connectivity index (χ3n) is 2.53. The van der Waals surface area contributed by atoms with E-state index >= 15 is 0 Å². The largest absolute Gasteiger partial charge is 0.452 e. The van der Waals surface area contributed by atoms with E-state index in [2.05, 4.69) is 4.74 Å². The summed E-state index contributed by atoms with van der Waals surface area (Å²) in [6, 6.07) is 3.45. The fourth-order valence-corrected chi connectivity index (χ4v) is 2.26. The van der Waals surface area contributed by atoms with Crippen LogP contribution in [0.15, 0.2) is 17.5 Å². The van der Waals surface area contributed by atoms with Crippen molar-refractivity contribution >= 4 is 17.3 Å². The van der Waals surface area contributed by atoms with Crippen molar-refractivity contribution in [3.05, 3.63) is 22.4 Å². The topological polar surface area (TPSA) is 26.3 Å². The van der Waals surface area contributed by atoms with Crippen LogP contribution in [-0.2, 0) is 16.0 Å². The summed E-state index contributed by atoms with van der Waals surface area (Å²) < 4.78 is 42.3. The van der Waals surface area contributed by atoms with Crippen LogP contribution in [0.3, 0.4) is 0 Å². The molecule has 17 heavy (non-hydrogen) atoms. The van der Waals surface area contributed by atoms with E-state index in [9.17, 15) is 18.0 Å². The predicted octanol–water partition coefficient (Wildman–Crippen LogP) is 3.17. The number of rotatable bonds is 4. The molecule has 0 bridgehead atoms. The Morgan fingerprint density at radius 2 is 2.24 bits per heavy atom. The summed E-state index contributed by atoms with van der Waals surface area (Å²) >= 11 is 1.33. The monoisotopic (exact) mass is 264 g/mol. The average molecular weight is 264 g/mol. The van der Waals surface area contributed by atoms with Crippen molar-refractivity contribution in [2.45, 2.75) is 31.5 Å². The van der Waals surface area contributed by atoms with E-state index in [-0.39, 0.29) is 6.42 Å². The van der Waals surface area contributed by atoms with Crippen molar-refractivity contribution in [3.63, 3.8) is 0 Å². The van der Waals surface area contributed by atoms with Gasteiger partial charge in [0.2, 0.25) is 0 Å². The van der Waals surface area contributed by atoms with E-state index in [0.29, 0.717) is 17.7 Å². The van der Waals surface area contributed by atoms with Gasteiger partial charge >= 0.3 is 12.1 Å². The molecule has 2 rings (SSSR count). The van der Waals surface area contributed by atoms with Crippen LogP contribution in [0, 0.1) is 5.92 Å². The zero-order valence-electron chi connectivity index (χ0n) is 8.87. The lowest BCUT2D eigenvalue weighted by Gasteiger charge is -2.20. The Bertz CT molecular complexity index is 382. The summed E-state index contributed by atoms with van der Waals surface area (Å²) in [5.41, 5.74) is 0. The number of esters is 1. The van der Waals surface area contributed by atoms with Gasteiger partial charge in [-0.1, -0.05) is 6.07 Å². The van der Waals surface area contributed by atoms with Gasteiger partial charge in [0.1, 0.15) is 0 Å². The number of ether oxygens (including phenoxy) is 1. The molecule has 1 saturated carbocycles. The molecule has 1 aromatic heterocycles. The molecule has 0 unspecified atom stereocenters. The lowest BCUT2D eigenvalue weighted by Crippen LogP contribution is -2.36. The molecule has 1 atom stereocenters. The normalized spacial score (nSPS) is 17.8. The van der Waals surface area contributed by atoms with Gasteiger partial charge in [0.25, 0.3) is 0 Å². The van der Waals surface area contributed by atoms with Gasteiger partial charge in [-0.25, -0.2) is 0 Å². The Hall–Kier alpha value is -1.04. The first-order valence-electron chi connectivity index (χ1n) is 5.25. The van der Waals surface area contributed by atoms with E-state index < -0.39 is 24.2 Å². The average Bonchev–Trinajstić information content (AvgIpc) is 2.92. The molecule has 6 heteroatoms. The number of hydrogen-bond donors (Lipinski definition) is 0. The molecule has 1 aliphatic rings. The van der Waals surface area contributed by atoms with E-state index in [4.69, 9.17) is 0 Å². The first kappa shape index (κ1) is 12.4. The number of carbonyl (C=O) groups excluding carboxylic acids is 1. The number of thiophene rings is 1. The van der Waals surface area contributed by atoms with Gasteiger partial charge in [0, 0.05) is 10.8 Å². The van der Waals surface area contributed by atoms with Crippen molar-refractivity contribution in [2.24, 2.45) is 5.92 Å². The Labute approximate surface area is 100 Å². The zero-order chi connectivity index (χ0) is 12.5. The highest BCUT2D eigenvalue weighted by Crippen LogP contribution is 2.42. The molecule has 2 nitrogen and oxygen atoms in total. The Morgan fingerprint density at radius 1 is 1.53 bits per heavy atom. The first-order chi connectivity index (χ1) is 7.97. The number of carbonyl (C=O) groups is 1. The van der Waals surface area contributed by atoms with Gasteiger partial charge in [0.05, 0.1) is 6.42 Å². The van der Waals surface area contributed by atoms with Crippen LogP contribution in [0.5, 0.6) is 0 Å². The van der Waals surface area contributed by atoms with Gasteiger partial charge in [-0.3, -0.25) is 4.79 Å². The molecule has 0 radical (unpaired) electrons. The van der Waals surface area contributed by atoms with Gasteiger partial charge in [-0.05, 0) is 24.3 Å². The van der Waals surface area contributed by atoms with Crippen LogP contribution in [0.2, 0.25) is 0 Å². The molecule has 0 saturated heterocycles. The second-order valence-electron chi connectivity index (χ2n) is 4.05. The molecule has 1 aliphatic carbocycles. The molecular formula is C11H11F3O2S. The standard InChI is InChI=1S/C11H11F3O2S/c12-11(13,14)10(7-3-4-7)16-9(15)6-8-2-1-5-17-8/h1-2,5,7,10H,3-4,6H2/t10-/m1/s1. The second kappa shape index (κ2) is 4.68. The Morgan fingerprint density at radius 3 is 2.71 bits per heavy atom. The summed E-state index contributed by atoms with van der Waals surface area (Å²) in [6.45, 7) is 0. The molecule has 1 heterocycles. The summed E-state index contributed by atoms with van der Waals surface area (Å²) in [6.07, 6.45) is -5.49. The van der Waals surface area contributed by atoms with Crippen molar-refractivity contribution in [1.29, 1.82) is 0 Å². The number of alkyl halides is 3. The highest BCUT2D eigenvalue weighted by Gasteiger charge is 2.51. The maximum atomic E-state index is 12.6. The van der Waals surface area contributed by atoms with Crippen LogP contribution >= 0.6 is 11.3 Å². The number of hydrogen-bond acceptors (Lipinski definition) is 3. The van der Waals surface area contributed by atoms with Gasteiger partial charge in [0.15, 0.2) is 6.10 Å². The number of halogens is 3. The molecule has 0 amide bonds. The third-order valence-corrected chi connectivity index (χ3v) is 3.41. The highest BCUT2D eigenvalue weighted by molar-refractivity contribution is 7.10. The fraction of sp³-hybridized carbons (Fsp3) is 0.545. The molecule has 0 spiro atoms. The molecule has 0 aromatic carbocycles. The van der Waals surface area contributed by atoms with Gasteiger partial charge in [-0.2, -0.15) is 13.2 Å². The van der Waals surface area contributed by atoms with Crippen LogP contribution < -0.4 is 0 Å². The Kier molecular flexibility index (Phi) is 3.42. The minimum absolute atomic E-state index is 0.0863. The minimum atomic E-state index is -4.45. The lowest BCUT2D eigenvalue weighted by atomic mass is 10.2. The zero-order valence-corrected chi connectivity index (χ0v) is 9.68. The van der Waals surface area contributed by atoms with Gasteiger partial charge in [-0.15, -0.1) is 11.3 Å². The van der Waals surface area contributed by atoms with Crippen molar-refractivity contribution in [1.82, 2.24) is 0 Å². The second-order valence-corrected chi connectivity index (χ2v) is 5.08. The fourth-order valence-electron chi connectivity index (χ4n) is 1.57. The summed E-state index contributed by atoms with van der Waals surface area (Å²) in [5, 5.41) is 1.77.